The van der Waals surface area contributed by atoms with Crippen LogP contribution in [-0.4, -0.2) is 48.1 Å². The zero-order valence-corrected chi connectivity index (χ0v) is 21.0. The number of halogens is 1. The summed E-state index contributed by atoms with van der Waals surface area (Å²) >= 11 is 1.76. The molecule has 7 heteroatoms. The van der Waals surface area contributed by atoms with E-state index in [0.717, 1.165) is 38.4 Å². The maximum absolute atomic E-state index is 4.71. The highest BCUT2D eigenvalue weighted by Crippen LogP contribution is 2.20. The number of nitrogens with one attached hydrogen (secondary N) is 2. The summed E-state index contributed by atoms with van der Waals surface area (Å²) in [6.07, 6.45) is 2.06. The SMILES string of the molecule is CN=C(NCCc1csc(C(C)C)n1)NC1CC(C)N(Cc2ccccc2)C1.I. The van der Waals surface area contributed by atoms with E-state index >= 15 is 0 Å². The quantitative estimate of drug-likeness (QED) is 0.321. The number of hydrogen-bond acceptors (Lipinski definition) is 4. The fourth-order valence-electron chi connectivity index (χ4n) is 3.64. The minimum Gasteiger partial charge on any atom is -0.356 e. The van der Waals surface area contributed by atoms with Crippen LogP contribution >= 0.6 is 35.3 Å². The van der Waals surface area contributed by atoms with Gasteiger partial charge in [-0.05, 0) is 18.9 Å². The molecule has 3 rings (SSSR count). The first-order chi connectivity index (χ1) is 13.5. The summed E-state index contributed by atoms with van der Waals surface area (Å²) in [5.74, 6) is 1.39. The van der Waals surface area contributed by atoms with Gasteiger partial charge in [-0.2, -0.15) is 0 Å². The lowest BCUT2D eigenvalue weighted by Crippen LogP contribution is -2.45. The number of likely N-dealkylation sites (tertiary alicyclic amines) is 1. The van der Waals surface area contributed by atoms with Crippen LogP contribution in [0.5, 0.6) is 0 Å². The third-order valence-electron chi connectivity index (χ3n) is 5.23. The van der Waals surface area contributed by atoms with Crippen molar-refractivity contribution in [3.63, 3.8) is 0 Å². The van der Waals surface area contributed by atoms with Crippen LogP contribution in [0, 0.1) is 0 Å². The molecule has 0 aliphatic carbocycles. The van der Waals surface area contributed by atoms with Gasteiger partial charge in [0.25, 0.3) is 0 Å². The summed E-state index contributed by atoms with van der Waals surface area (Å²) in [7, 11) is 1.84. The van der Waals surface area contributed by atoms with Crippen molar-refractivity contribution in [2.24, 2.45) is 4.99 Å². The molecular formula is C22H34IN5S. The monoisotopic (exact) mass is 527 g/mol. The van der Waals surface area contributed by atoms with E-state index in [-0.39, 0.29) is 24.0 Å². The molecule has 1 fully saturated rings. The Morgan fingerprint density at radius 1 is 1.31 bits per heavy atom. The molecule has 1 aromatic heterocycles. The molecule has 1 aliphatic heterocycles. The number of nitrogens with zero attached hydrogens (tertiary/aromatic N) is 3. The van der Waals surface area contributed by atoms with Crippen molar-refractivity contribution in [1.82, 2.24) is 20.5 Å². The number of guanidine groups is 1. The molecule has 1 aliphatic rings. The lowest BCUT2D eigenvalue weighted by Gasteiger charge is -2.21. The van der Waals surface area contributed by atoms with E-state index in [4.69, 9.17) is 4.98 Å². The Morgan fingerprint density at radius 2 is 2.07 bits per heavy atom. The van der Waals surface area contributed by atoms with Gasteiger partial charge in [-0.1, -0.05) is 44.2 Å². The topological polar surface area (TPSA) is 52.6 Å². The summed E-state index contributed by atoms with van der Waals surface area (Å²) in [6.45, 7) is 9.59. The van der Waals surface area contributed by atoms with E-state index in [1.165, 1.54) is 16.3 Å². The van der Waals surface area contributed by atoms with Gasteiger partial charge in [0.2, 0.25) is 0 Å². The van der Waals surface area contributed by atoms with Crippen LogP contribution in [0.15, 0.2) is 40.7 Å². The standard InChI is InChI=1S/C22H33N5S.HI/c1-16(2)21-25-19(15-28-21)10-11-24-22(23-4)26-20-12-17(3)27(14-20)13-18-8-6-5-7-9-18;/h5-9,15-17,20H,10-14H2,1-4H3,(H2,23,24,26);1H. The molecule has 0 radical (unpaired) electrons. The fraction of sp³-hybridized carbons (Fsp3) is 0.545. The highest BCUT2D eigenvalue weighted by atomic mass is 127. The second kappa shape index (κ2) is 11.9. The number of rotatable bonds is 7. The average molecular weight is 528 g/mol. The summed E-state index contributed by atoms with van der Waals surface area (Å²) in [4.78, 5) is 11.7. The Morgan fingerprint density at radius 3 is 2.72 bits per heavy atom. The molecule has 2 aromatic rings. The molecule has 0 saturated carbocycles. The maximum atomic E-state index is 4.71. The van der Waals surface area contributed by atoms with Crippen LogP contribution in [0.2, 0.25) is 0 Å². The van der Waals surface area contributed by atoms with Crippen LogP contribution in [0.4, 0.5) is 0 Å². The van der Waals surface area contributed by atoms with E-state index in [1.54, 1.807) is 11.3 Å². The molecule has 29 heavy (non-hydrogen) atoms. The summed E-state index contributed by atoms with van der Waals surface area (Å²) in [5, 5.41) is 10.4. The predicted octanol–water partition coefficient (Wildman–Crippen LogP) is 4.26. The van der Waals surface area contributed by atoms with Gasteiger partial charge in [-0.3, -0.25) is 9.89 Å². The van der Waals surface area contributed by atoms with E-state index in [9.17, 15) is 0 Å². The van der Waals surface area contributed by atoms with Gasteiger partial charge in [0.05, 0.1) is 10.7 Å². The number of thiazole rings is 1. The maximum Gasteiger partial charge on any atom is 0.191 e. The zero-order chi connectivity index (χ0) is 19.9. The van der Waals surface area contributed by atoms with E-state index in [0.29, 0.717) is 18.0 Å². The second-order valence-corrected chi connectivity index (χ2v) is 8.81. The van der Waals surface area contributed by atoms with Gasteiger partial charge in [0.15, 0.2) is 5.96 Å². The van der Waals surface area contributed by atoms with Gasteiger partial charge >= 0.3 is 0 Å². The number of aliphatic imine (C=N–C) groups is 1. The zero-order valence-electron chi connectivity index (χ0n) is 17.9. The molecule has 1 saturated heterocycles. The Labute approximate surface area is 196 Å². The van der Waals surface area contributed by atoms with Crippen molar-refractivity contribution in [2.45, 2.75) is 58.2 Å². The molecule has 2 atom stereocenters. The molecule has 2 unspecified atom stereocenters. The Bertz CT molecular complexity index is 762. The van der Waals surface area contributed by atoms with Crippen LogP contribution in [-0.2, 0) is 13.0 Å². The van der Waals surface area contributed by atoms with Gasteiger partial charge in [-0.25, -0.2) is 4.98 Å². The molecule has 5 nitrogen and oxygen atoms in total. The molecule has 0 bridgehead atoms. The van der Waals surface area contributed by atoms with Crippen molar-refractivity contribution < 1.29 is 0 Å². The van der Waals surface area contributed by atoms with Crippen molar-refractivity contribution in [2.75, 3.05) is 20.1 Å². The largest absolute Gasteiger partial charge is 0.356 e. The van der Waals surface area contributed by atoms with E-state index in [2.05, 4.69) is 77.0 Å². The molecule has 160 valence electrons. The van der Waals surface area contributed by atoms with Gasteiger partial charge < -0.3 is 10.6 Å². The summed E-state index contributed by atoms with van der Waals surface area (Å²) in [5.41, 5.74) is 2.54. The van der Waals surface area contributed by atoms with E-state index in [1.807, 2.05) is 7.05 Å². The lowest BCUT2D eigenvalue weighted by atomic mass is 10.2. The third kappa shape index (κ3) is 7.22. The Kier molecular flexibility index (Phi) is 9.85. The minimum atomic E-state index is 0. The van der Waals surface area contributed by atoms with Crippen LogP contribution in [0.25, 0.3) is 0 Å². The van der Waals surface area contributed by atoms with Crippen molar-refractivity contribution in [3.05, 3.63) is 52.0 Å². The molecule has 2 N–H and O–H groups in total. The average Bonchev–Trinajstić information content (AvgIpc) is 3.29. The van der Waals surface area contributed by atoms with Crippen LogP contribution < -0.4 is 10.6 Å². The highest BCUT2D eigenvalue weighted by molar-refractivity contribution is 14.0. The molecule has 0 amide bonds. The molecule has 0 spiro atoms. The number of benzene rings is 1. The molecular weight excluding hydrogens is 493 g/mol. The number of aromatic nitrogens is 1. The third-order valence-corrected chi connectivity index (χ3v) is 6.43. The summed E-state index contributed by atoms with van der Waals surface area (Å²) < 4.78 is 0. The van der Waals surface area contributed by atoms with Gasteiger partial charge in [0.1, 0.15) is 0 Å². The first-order valence-corrected chi connectivity index (χ1v) is 11.1. The molecule has 1 aromatic carbocycles. The Balaban J connectivity index is 0.00000300. The smallest absolute Gasteiger partial charge is 0.191 e. The first kappa shape index (κ1) is 24.1. The second-order valence-electron chi connectivity index (χ2n) is 7.92. The summed E-state index contributed by atoms with van der Waals surface area (Å²) in [6, 6.07) is 11.7. The van der Waals surface area contributed by atoms with Gasteiger partial charge in [-0.15, -0.1) is 35.3 Å². The minimum absolute atomic E-state index is 0. The molecule has 2 heterocycles. The first-order valence-electron chi connectivity index (χ1n) is 10.2. The highest BCUT2D eigenvalue weighted by Gasteiger charge is 2.29. The van der Waals surface area contributed by atoms with Crippen LogP contribution in [0.3, 0.4) is 0 Å². The normalized spacial score (nSPS) is 20.0. The van der Waals surface area contributed by atoms with Crippen molar-refractivity contribution >= 4 is 41.3 Å². The lowest BCUT2D eigenvalue weighted by molar-refractivity contribution is 0.258. The number of hydrogen-bond donors (Lipinski definition) is 2. The van der Waals surface area contributed by atoms with Crippen molar-refractivity contribution in [3.8, 4) is 0 Å². The fourth-order valence-corrected chi connectivity index (χ4v) is 4.51. The van der Waals surface area contributed by atoms with E-state index < -0.39 is 0 Å². The van der Waals surface area contributed by atoms with Crippen molar-refractivity contribution in [1.29, 1.82) is 0 Å². The predicted molar refractivity (Wildman–Crippen MR) is 135 cm³/mol. The van der Waals surface area contributed by atoms with Gasteiger partial charge in [0, 0.05) is 56.5 Å². The van der Waals surface area contributed by atoms with Crippen LogP contribution in [0.1, 0.15) is 49.4 Å². The Hall–Kier alpha value is -1.19.